The number of hydrogen-bond acceptors (Lipinski definition) is 4. The number of benzene rings is 2. The monoisotopic (exact) mass is 305 g/mol. The summed E-state index contributed by atoms with van der Waals surface area (Å²) in [6.45, 7) is 3.75. The van der Waals surface area contributed by atoms with Crippen LogP contribution in [-0.2, 0) is 13.0 Å². The Balaban J connectivity index is 1.59. The van der Waals surface area contributed by atoms with Crippen molar-refractivity contribution in [3.05, 3.63) is 65.5 Å². The highest BCUT2D eigenvalue weighted by Crippen LogP contribution is 2.28. The first-order chi connectivity index (χ1) is 11.3. The number of aromatic nitrogens is 2. The van der Waals surface area contributed by atoms with Crippen LogP contribution in [0.1, 0.15) is 23.4 Å². The standard InChI is InChI=1S/C19H19N3O/c1-14-7-2-4-10-16(14)19-21-20-18(23-19)13-22-12-6-9-15-8-3-5-11-17(15)22/h2-5,7-8,10-11H,6,9,12-13H2,1H3. The van der Waals surface area contributed by atoms with E-state index in [0.717, 1.165) is 30.5 Å². The molecule has 0 radical (unpaired) electrons. The van der Waals surface area contributed by atoms with Gasteiger partial charge in [-0.15, -0.1) is 10.2 Å². The topological polar surface area (TPSA) is 42.2 Å². The van der Waals surface area contributed by atoms with Crippen LogP contribution in [0.15, 0.2) is 52.9 Å². The maximum Gasteiger partial charge on any atom is 0.248 e. The second-order valence-electron chi connectivity index (χ2n) is 5.97. The summed E-state index contributed by atoms with van der Waals surface area (Å²) in [6.07, 6.45) is 2.31. The number of para-hydroxylation sites is 1. The molecule has 2 aromatic carbocycles. The van der Waals surface area contributed by atoms with Crippen LogP contribution in [0.25, 0.3) is 11.5 Å². The Morgan fingerprint density at radius 1 is 1.04 bits per heavy atom. The van der Waals surface area contributed by atoms with Crippen LogP contribution in [0.2, 0.25) is 0 Å². The molecule has 1 aliphatic heterocycles. The molecule has 4 heteroatoms. The van der Waals surface area contributed by atoms with Crippen molar-refractivity contribution in [3.8, 4) is 11.5 Å². The van der Waals surface area contributed by atoms with E-state index in [9.17, 15) is 0 Å². The largest absolute Gasteiger partial charge is 0.419 e. The first kappa shape index (κ1) is 14.0. The van der Waals surface area contributed by atoms with Gasteiger partial charge in [-0.2, -0.15) is 0 Å². The van der Waals surface area contributed by atoms with Crippen LogP contribution < -0.4 is 4.90 Å². The summed E-state index contributed by atoms with van der Waals surface area (Å²) in [5.74, 6) is 1.27. The minimum absolute atomic E-state index is 0.600. The van der Waals surface area contributed by atoms with Crippen molar-refractivity contribution in [1.29, 1.82) is 0 Å². The van der Waals surface area contributed by atoms with Crippen LogP contribution in [-0.4, -0.2) is 16.7 Å². The number of anilines is 1. The molecule has 3 aromatic rings. The van der Waals surface area contributed by atoms with E-state index >= 15 is 0 Å². The molecule has 0 fully saturated rings. The second kappa shape index (κ2) is 5.88. The van der Waals surface area contributed by atoms with E-state index < -0.39 is 0 Å². The summed E-state index contributed by atoms with van der Waals surface area (Å²) in [4.78, 5) is 2.33. The lowest BCUT2D eigenvalue weighted by Crippen LogP contribution is -2.28. The van der Waals surface area contributed by atoms with Crippen LogP contribution in [0.5, 0.6) is 0 Å². The van der Waals surface area contributed by atoms with Gasteiger partial charge in [-0.05, 0) is 43.0 Å². The Morgan fingerprint density at radius 3 is 2.78 bits per heavy atom. The van der Waals surface area contributed by atoms with Crippen molar-refractivity contribution in [2.45, 2.75) is 26.3 Å². The number of hydrogen-bond donors (Lipinski definition) is 0. The molecule has 0 amide bonds. The molecule has 2 heterocycles. The molecule has 0 saturated heterocycles. The lowest BCUT2D eigenvalue weighted by molar-refractivity contribution is 0.493. The minimum Gasteiger partial charge on any atom is -0.419 e. The maximum atomic E-state index is 5.90. The first-order valence-electron chi connectivity index (χ1n) is 8.02. The summed E-state index contributed by atoms with van der Waals surface area (Å²) < 4.78 is 5.90. The van der Waals surface area contributed by atoms with Crippen molar-refractivity contribution in [1.82, 2.24) is 10.2 Å². The third kappa shape index (κ3) is 2.72. The van der Waals surface area contributed by atoms with Gasteiger partial charge in [-0.25, -0.2) is 0 Å². The van der Waals surface area contributed by atoms with Gasteiger partial charge in [0, 0.05) is 17.8 Å². The fraction of sp³-hybridized carbons (Fsp3) is 0.263. The predicted molar refractivity (Wildman–Crippen MR) is 90.3 cm³/mol. The molecular formula is C19H19N3O. The van der Waals surface area contributed by atoms with E-state index in [1.54, 1.807) is 0 Å². The third-order valence-electron chi connectivity index (χ3n) is 4.37. The highest BCUT2D eigenvalue weighted by Gasteiger charge is 2.19. The SMILES string of the molecule is Cc1ccccc1-c1nnc(CN2CCCc3ccccc32)o1. The molecule has 1 aliphatic rings. The highest BCUT2D eigenvalue weighted by molar-refractivity contribution is 5.58. The van der Waals surface area contributed by atoms with Gasteiger partial charge >= 0.3 is 0 Å². The maximum absolute atomic E-state index is 5.90. The predicted octanol–water partition coefficient (Wildman–Crippen LogP) is 4.00. The van der Waals surface area contributed by atoms with Crippen LogP contribution in [0.4, 0.5) is 5.69 Å². The zero-order valence-corrected chi connectivity index (χ0v) is 13.2. The normalized spacial score (nSPS) is 13.9. The van der Waals surface area contributed by atoms with Crippen molar-refractivity contribution >= 4 is 5.69 Å². The van der Waals surface area contributed by atoms with Gasteiger partial charge in [-0.3, -0.25) is 0 Å². The van der Waals surface area contributed by atoms with Gasteiger partial charge in [0.15, 0.2) is 0 Å². The van der Waals surface area contributed by atoms with E-state index in [1.165, 1.54) is 11.3 Å². The van der Waals surface area contributed by atoms with Gasteiger partial charge in [-0.1, -0.05) is 36.4 Å². The number of fused-ring (bicyclic) bond motifs is 1. The van der Waals surface area contributed by atoms with Gasteiger partial charge in [0.05, 0.1) is 6.54 Å². The van der Waals surface area contributed by atoms with Gasteiger partial charge < -0.3 is 9.32 Å². The minimum atomic E-state index is 0.600. The van der Waals surface area contributed by atoms with E-state index in [0.29, 0.717) is 18.3 Å². The molecule has 4 rings (SSSR count). The van der Waals surface area contributed by atoms with Crippen molar-refractivity contribution in [2.75, 3.05) is 11.4 Å². The zero-order valence-electron chi connectivity index (χ0n) is 13.2. The molecule has 0 bridgehead atoms. The van der Waals surface area contributed by atoms with Crippen LogP contribution in [0, 0.1) is 6.92 Å². The van der Waals surface area contributed by atoms with Crippen LogP contribution >= 0.6 is 0 Å². The van der Waals surface area contributed by atoms with Crippen LogP contribution in [0.3, 0.4) is 0 Å². The Kier molecular flexibility index (Phi) is 3.58. The fourth-order valence-corrected chi connectivity index (χ4v) is 3.18. The van der Waals surface area contributed by atoms with Gasteiger partial charge in [0.1, 0.15) is 0 Å². The lowest BCUT2D eigenvalue weighted by atomic mass is 10.0. The fourth-order valence-electron chi connectivity index (χ4n) is 3.18. The highest BCUT2D eigenvalue weighted by atomic mass is 16.4. The lowest BCUT2D eigenvalue weighted by Gasteiger charge is -2.29. The molecule has 116 valence electrons. The molecule has 1 aromatic heterocycles. The number of rotatable bonds is 3. The Hall–Kier alpha value is -2.62. The molecule has 0 unspecified atom stereocenters. The van der Waals surface area contributed by atoms with E-state index in [2.05, 4.69) is 52.4 Å². The Bertz CT molecular complexity index is 825. The molecule has 0 N–H and O–H groups in total. The number of nitrogens with zero attached hydrogens (tertiary/aromatic N) is 3. The zero-order chi connectivity index (χ0) is 15.6. The number of aryl methyl sites for hydroxylation is 2. The van der Waals surface area contributed by atoms with E-state index in [4.69, 9.17) is 4.42 Å². The van der Waals surface area contributed by atoms with E-state index in [1.807, 2.05) is 18.2 Å². The summed E-state index contributed by atoms with van der Waals surface area (Å²) >= 11 is 0. The Labute approximate surface area is 135 Å². The summed E-state index contributed by atoms with van der Waals surface area (Å²) in [7, 11) is 0. The quantitative estimate of drug-likeness (QED) is 0.733. The average Bonchev–Trinajstić information content (AvgIpc) is 3.04. The van der Waals surface area contributed by atoms with Crippen molar-refractivity contribution in [2.24, 2.45) is 0 Å². The summed E-state index contributed by atoms with van der Waals surface area (Å²) in [5, 5.41) is 8.47. The van der Waals surface area contributed by atoms with Crippen molar-refractivity contribution < 1.29 is 4.42 Å². The van der Waals surface area contributed by atoms with Crippen molar-refractivity contribution in [3.63, 3.8) is 0 Å². The van der Waals surface area contributed by atoms with E-state index in [-0.39, 0.29) is 0 Å². The molecule has 4 nitrogen and oxygen atoms in total. The van der Waals surface area contributed by atoms with Gasteiger partial charge in [0.2, 0.25) is 11.8 Å². The molecule has 23 heavy (non-hydrogen) atoms. The molecule has 0 aliphatic carbocycles. The average molecular weight is 305 g/mol. The molecule has 0 spiro atoms. The Morgan fingerprint density at radius 2 is 1.87 bits per heavy atom. The molecular weight excluding hydrogens is 286 g/mol. The summed E-state index contributed by atoms with van der Waals surface area (Å²) in [6, 6.07) is 16.6. The summed E-state index contributed by atoms with van der Waals surface area (Å²) in [5.41, 5.74) is 4.84. The second-order valence-corrected chi connectivity index (χ2v) is 5.97. The van der Waals surface area contributed by atoms with Gasteiger partial charge in [0.25, 0.3) is 0 Å². The first-order valence-corrected chi connectivity index (χ1v) is 8.02. The molecule has 0 saturated carbocycles. The smallest absolute Gasteiger partial charge is 0.248 e. The third-order valence-corrected chi connectivity index (χ3v) is 4.37. The molecule has 0 atom stereocenters.